The largest absolute Gasteiger partial charge is 0.352 e. The van der Waals surface area contributed by atoms with Gasteiger partial charge < -0.3 is 15.6 Å². The van der Waals surface area contributed by atoms with Crippen molar-refractivity contribution < 1.29 is 4.52 Å². The molecule has 0 saturated carbocycles. The van der Waals surface area contributed by atoms with E-state index in [1.165, 1.54) is 0 Å². The van der Waals surface area contributed by atoms with Crippen LogP contribution < -0.4 is 11.1 Å². The number of halogens is 1. The van der Waals surface area contributed by atoms with Gasteiger partial charge in [-0.15, -0.1) is 0 Å². The van der Waals surface area contributed by atoms with E-state index >= 15 is 0 Å². The molecule has 0 fully saturated rings. The van der Waals surface area contributed by atoms with Gasteiger partial charge in [0.05, 0.1) is 5.39 Å². The van der Waals surface area contributed by atoms with Gasteiger partial charge >= 0.3 is 0 Å². The summed E-state index contributed by atoms with van der Waals surface area (Å²) in [6, 6.07) is 5.77. The molecule has 74 valence electrons. The Labute approximate surface area is 89.6 Å². The molecule has 0 unspecified atom stereocenters. The molecule has 1 aromatic heterocycles. The van der Waals surface area contributed by atoms with Crippen molar-refractivity contribution in [3.05, 3.63) is 22.7 Å². The van der Waals surface area contributed by atoms with Crippen LogP contribution >= 0.6 is 15.9 Å². The number of nitrogens with one attached hydrogen (secondary N) is 1. The molecule has 0 aliphatic rings. The van der Waals surface area contributed by atoms with E-state index in [1.54, 1.807) is 0 Å². The Morgan fingerprint density at radius 2 is 2.36 bits per heavy atom. The number of fused-ring (bicyclic) bond motifs is 1. The number of rotatable bonds is 3. The standard InChI is InChI=1S/C9H10BrN3O/c10-6-2-1-3-7-8(6)9(14-13-7)12-5-4-11/h1-3,12H,4-5,11H2. The molecule has 0 aliphatic heterocycles. The molecule has 14 heavy (non-hydrogen) atoms. The second-order valence-corrected chi connectivity index (χ2v) is 3.72. The van der Waals surface area contributed by atoms with Gasteiger partial charge in [-0.2, -0.15) is 0 Å². The molecule has 0 spiro atoms. The Morgan fingerprint density at radius 3 is 3.14 bits per heavy atom. The summed E-state index contributed by atoms with van der Waals surface area (Å²) in [6.45, 7) is 1.23. The fourth-order valence-electron chi connectivity index (χ4n) is 1.26. The van der Waals surface area contributed by atoms with Gasteiger partial charge in [-0.05, 0) is 28.1 Å². The third-order valence-corrected chi connectivity index (χ3v) is 2.54. The lowest BCUT2D eigenvalue weighted by Gasteiger charge is -1.99. The number of nitrogens with zero attached hydrogens (tertiary/aromatic N) is 1. The van der Waals surface area contributed by atoms with Gasteiger partial charge in [-0.1, -0.05) is 11.2 Å². The fourth-order valence-corrected chi connectivity index (χ4v) is 1.80. The van der Waals surface area contributed by atoms with Crippen LogP contribution in [-0.4, -0.2) is 18.2 Å². The zero-order valence-electron chi connectivity index (χ0n) is 7.46. The van der Waals surface area contributed by atoms with Gasteiger partial charge in [0.15, 0.2) is 0 Å². The maximum Gasteiger partial charge on any atom is 0.233 e. The van der Waals surface area contributed by atoms with Crippen LogP contribution in [0, 0.1) is 0 Å². The van der Waals surface area contributed by atoms with Crippen LogP contribution in [0.15, 0.2) is 27.2 Å². The lowest BCUT2D eigenvalue weighted by Crippen LogP contribution is -2.12. The normalized spacial score (nSPS) is 10.7. The molecular formula is C9H10BrN3O. The zero-order valence-corrected chi connectivity index (χ0v) is 9.04. The first-order chi connectivity index (χ1) is 6.83. The molecule has 3 N–H and O–H groups in total. The molecule has 5 heteroatoms. The molecule has 0 bridgehead atoms. The van der Waals surface area contributed by atoms with Crippen LogP contribution in [-0.2, 0) is 0 Å². The van der Waals surface area contributed by atoms with Gasteiger partial charge in [0.1, 0.15) is 5.52 Å². The summed E-state index contributed by atoms with van der Waals surface area (Å²) in [6.07, 6.45) is 0. The lowest BCUT2D eigenvalue weighted by molar-refractivity contribution is 0.441. The quantitative estimate of drug-likeness (QED) is 0.881. The van der Waals surface area contributed by atoms with Crippen molar-refractivity contribution in [2.24, 2.45) is 5.73 Å². The summed E-state index contributed by atoms with van der Waals surface area (Å²) in [5, 5.41) is 7.96. The van der Waals surface area contributed by atoms with Gasteiger partial charge in [-0.3, -0.25) is 0 Å². The van der Waals surface area contributed by atoms with E-state index in [2.05, 4.69) is 26.4 Å². The van der Waals surface area contributed by atoms with Crippen molar-refractivity contribution >= 4 is 32.7 Å². The lowest BCUT2D eigenvalue weighted by atomic mass is 10.2. The van der Waals surface area contributed by atoms with E-state index in [4.69, 9.17) is 10.3 Å². The second-order valence-electron chi connectivity index (χ2n) is 2.86. The molecule has 0 atom stereocenters. The van der Waals surface area contributed by atoms with E-state index in [0.29, 0.717) is 19.0 Å². The van der Waals surface area contributed by atoms with E-state index in [1.807, 2.05) is 18.2 Å². The van der Waals surface area contributed by atoms with Crippen LogP contribution in [0.25, 0.3) is 10.9 Å². The minimum atomic E-state index is 0.562. The third kappa shape index (κ3) is 1.60. The first-order valence-corrected chi connectivity index (χ1v) is 5.10. The molecular weight excluding hydrogens is 246 g/mol. The van der Waals surface area contributed by atoms with E-state index in [-0.39, 0.29) is 0 Å². The highest BCUT2D eigenvalue weighted by Gasteiger charge is 2.09. The molecule has 1 heterocycles. The van der Waals surface area contributed by atoms with Crippen molar-refractivity contribution in [2.45, 2.75) is 0 Å². The highest BCUT2D eigenvalue weighted by molar-refractivity contribution is 9.10. The molecule has 0 saturated heterocycles. The molecule has 1 aromatic carbocycles. The number of anilines is 1. The Balaban J connectivity index is 2.45. The third-order valence-electron chi connectivity index (χ3n) is 1.88. The Morgan fingerprint density at radius 1 is 1.50 bits per heavy atom. The van der Waals surface area contributed by atoms with Crippen molar-refractivity contribution in [2.75, 3.05) is 18.4 Å². The van der Waals surface area contributed by atoms with E-state index < -0.39 is 0 Å². The predicted molar refractivity (Wildman–Crippen MR) is 59.3 cm³/mol. The first-order valence-electron chi connectivity index (χ1n) is 4.31. The average molecular weight is 256 g/mol. The van der Waals surface area contributed by atoms with Crippen LogP contribution in [0.1, 0.15) is 0 Å². The Kier molecular flexibility index (Phi) is 2.69. The van der Waals surface area contributed by atoms with Crippen molar-refractivity contribution in [3.63, 3.8) is 0 Å². The summed E-state index contributed by atoms with van der Waals surface area (Å²) in [4.78, 5) is 0. The number of aromatic nitrogens is 1. The summed E-state index contributed by atoms with van der Waals surface area (Å²) in [5.74, 6) is 0.665. The molecule has 2 rings (SSSR count). The molecule has 4 nitrogen and oxygen atoms in total. The molecule has 2 aromatic rings. The van der Waals surface area contributed by atoms with Gasteiger partial charge in [-0.25, -0.2) is 0 Å². The number of hydrogen-bond acceptors (Lipinski definition) is 4. The van der Waals surface area contributed by atoms with Crippen LogP contribution in [0.4, 0.5) is 5.88 Å². The molecule has 0 aliphatic carbocycles. The van der Waals surface area contributed by atoms with Crippen molar-refractivity contribution in [1.82, 2.24) is 5.16 Å². The minimum absolute atomic E-state index is 0.562. The number of benzene rings is 1. The van der Waals surface area contributed by atoms with Crippen LogP contribution in [0.5, 0.6) is 0 Å². The monoisotopic (exact) mass is 255 g/mol. The van der Waals surface area contributed by atoms with Gasteiger partial charge in [0, 0.05) is 17.6 Å². The summed E-state index contributed by atoms with van der Waals surface area (Å²) in [7, 11) is 0. The van der Waals surface area contributed by atoms with E-state index in [0.717, 1.165) is 15.4 Å². The smallest absolute Gasteiger partial charge is 0.233 e. The van der Waals surface area contributed by atoms with Crippen LogP contribution in [0.3, 0.4) is 0 Å². The van der Waals surface area contributed by atoms with E-state index in [9.17, 15) is 0 Å². The topological polar surface area (TPSA) is 64.1 Å². The summed E-state index contributed by atoms with van der Waals surface area (Å²) >= 11 is 3.45. The highest BCUT2D eigenvalue weighted by atomic mass is 79.9. The Bertz CT molecular complexity index is 441. The van der Waals surface area contributed by atoms with Gasteiger partial charge in [0.25, 0.3) is 0 Å². The zero-order chi connectivity index (χ0) is 9.97. The fraction of sp³-hybridized carbons (Fsp3) is 0.222. The predicted octanol–water partition coefficient (Wildman–Crippen LogP) is 1.96. The number of hydrogen-bond donors (Lipinski definition) is 2. The van der Waals surface area contributed by atoms with Gasteiger partial charge in [0.2, 0.25) is 5.88 Å². The summed E-state index contributed by atoms with van der Waals surface area (Å²) in [5.41, 5.74) is 6.22. The Hall–Kier alpha value is -1.07. The minimum Gasteiger partial charge on any atom is -0.352 e. The van der Waals surface area contributed by atoms with Crippen molar-refractivity contribution in [3.8, 4) is 0 Å². The SMILES string of the molecule is NCCNc1onc2cccc(Br)c12. The second kappa shape index (κ2) is 3.98. The summed E-state index contributed by atoms with van der Waals surface area (Å²) < 4.78 is 6.12. The molecule has 0 amide bonds. The number of nitrogens with two attached hydrogens (primary N) is 1. The maximum atomic E-state index is 5.39. The van der Waals surface area contributed by atoms with Crippen molar-refractivity contribution in [1.29, 1.82) is 0 Å². The maximum absolute atomic E-state index is 5.39. The highest BCUT2D eigenvalue weighted by Crippen LogP contribution is 2.30. The van der Waals surface area contributed by atoms with Crippen LogP contribution in [0.2, 0.25) is 0 Å². The molecule has 0 radical (unpaired) electrons. The average Bonchev–Trinajstić information content (AvgIpc) is 2.59. The first kappa shape index (κ1) is 9.48.